The second-order valence-corrected chi connectivity index (χ2v) is 14.8. The molecule has 0 bridgehead atoms. The van der Waals surface area contributed by atoms with Crippen molar-refractivity contribution in [3.63, 3.8) is 0 Å². The fraction of sp³-hybridized carbons (Fsp3) is 0.238. The van der Waals surface area contributed by atoms with E-state index in [2.05, 4.69) is 12.1 Å². The summed E-state index contributed by atoms with van der Waals surface area (Å²) >= 11 is 0. The monoisotopic (exact) mass is 658 g/mol. The summed E-state index contributed by atoms with van der Waals surface area (Å²) in [5.74, 6) is 0. The van der Waals surface area contributed by atoms with Gasteiger partial charge in [-0.05, 0) is 40.3 Å². The van der Waals surface area contributed by atoms with Crippen LogP contribution in [0.1, 0.15) is 34.7 Å². The first-order chi connectivity index (χ1) is 23.5. The van der Waals surface area contributed by atoms with Crippen LogP contribution in [0, 0.1) is 0 Å². The first-order valence-corrected chi connectivity index (χ1v) is 18.5. The van der Waals surface area contributed by atoms with Crippen molar-refractivity contribution in [3.05, 3.63) is 191 Å². The van der Waals surface area contributed by atoms with Crippen LogP contribution in [0.2, 0.25) is 0 Å². The minimum atomic E-state index is -3.30. The lowest BCUT2D eigenvalue weighted by Gasteiger charge is -2.42. The van der Waals surface area contributed by atoms with Crippen LogP contribution in [0.15, 0.2) is 163 Å². The van der Waals surface area contributed by atoms with E-state index in [0.29, 0.717) is 32.1 Å². The fourth-order valence-corrected chi connectivity index (χ4v) is 8.54. The molecule has 4 unspecified atom stereocenters. The predicted octanol–water partition coefficient (Wildman–Crippen LogP) is 9.77. The highest BCUT2D eigenvalue weighted by Gasteiger charge is 2.44. The van der Waals surface area contributed by atoms with Gasteiger partial charge in [-0.25, -0.2) is 0 Å². The topological polar surface area (TPSA) is 54.0 Å². The molecule has 6 heteroatoms. The summed E-state index contributed by atoms with van der Waals surface area (Å²) in [4.78, 5) is 0. The zero-order chi connectivity index (χ0) is 33.0. The lowest BCUT2D eigenvalue weighted by molar-refractivity contribution is -0.167. The van der Waals surface area contributed by atoms with Crippen LogP contribution in [0.4, 0.5) is 0 Å². The Bertz CT molecular complexity index is 1700. The van der Waals surface area contributed by atoms with Crippen LogP contribution >= 0.6 is 7.37 Å². The standard InChI is InChI=1S/C42H43O5P/c1-33-27-39(47-48(43,31-37-23-13-5-14-24-37)32-38-25-15-6-16-26-38)41(45-29-35-19-9-3-10-20-35)42(46-30-36-21-11-4-12-22-36)40(33)44-28-34-17-7-2-8-18-34/h2-27,39-42H,28-32H2,1H3. The summed E-state index contributed by atoms with van der Waals surface area (Å²) in [6.07, 6.45) is 0.479. The quantitative estimate of drug-likeness (QED) is 0.0828. The number of hydrogen-bond donors (Lipinski definition) is 0. The van der Waals surface area contributed by atoms with Crippen LogP contribution in [-0.2, 0) is 55.4 Å². The van der Waals surface area contributed by atoms with Gasteiger partial charge in [0.15, 0.2) is 0 Å². The van der Waals surface area contributed by atoms with Gasteiger partial charge in [0.2, 0.25) is 7.37 Å². The third kappa shape index (κ3) is 9.50. The lowest BCUT2D eigenvalue weighted by atomic mass is 9.89. The zero-order valence-electron chi connectivity index (χ0n) is 27.3. The van der Waals surface area contributed by atoms with Gasteiger partial charge >= 0.3 is 0 Å². The molecule has 246 valence electrons. The van der Waals surface area contributed by atoms with Crippen molar-refractivity contribution in [3.8, 4) is 0 Å². The van der Waals surface area contributed by atoms with Crippen LogP contribution in [0.25, 0.3) is 0 Å². The second kappa shape index (κ2) is 16.8. The second-order valence-electron chi connectivity index (χ2n) is 12.3. The van der Waals surface area contributed by atoms with Gasteiger partial charge in [0.1, 0.15) is 24.4 Å². The summed E-state index contributed by atoms with van der Waals surface area (Å²) in [5, 5.41) is 0. The van der Waals surface area contributed by atoms with Crippen LogP contribution in [-0.4, -0.2) is 24.4 Å². The van der Waals surface area contributed by atoms with Gasteiger partial charge in [-0.2, -0.15) is 0 Å². The van der Waals surface area contributed by atoms with Crippen molar-refractivity contribution in [2.24, 2.45) is 0 Å². The maximum Gasteiger partial charge on any atom is 0.212 e. The molecule has 4 atom stereocenters. The molecular formula is C42H43O5P. The zero-order valence-corrected chi connectivity index (χ0v) is 28.2. The first-order valence-electron chi connectivity index (χ1n) is 16.5. The third-order valence-corrected chi connectivity index (χ3v) is 10.8. The lowest BCUT2D eigenvalue weighted by Crippen LogP contribution is -2.52. The van der Waals surface area contributed by atoms with E-state index in [4.69, 9.17) is 18.7 Å². The smallest absolute Gasteiger partial charge is 0.212 e. The summed E-state index contributed by atoms with van der Waals surface area (Å²) in [6, 6.07) is 50.2. The minimum absolute atomic E-state index is 0.307. The van der Waals surface area contributed by atoms with E-state index in [9.17, 15) is 0 Å². The maximum absolute atomic E-state index is 15.0. The largest absolute Gasteiger partial charge is 0.368 e. The molecule has 5 aromatic carbocycles. The molecule has 0 aromatic heterocycles. The molecule has 0 N–H and O–H groups in total. The van der Waals surface area contributed by atoms with Gasteiger partial charge in [0, 0.05) is 0 Å². The summed E-state index contributed by atoms with van der Waals surface area (Å²) < 4.78 is 42.1. The highest BCUT2D eigenvalue weighted by Crippen LogP contribution is 2.55. The van der Waals surface area contributed by atoms with E-state index in [1.54, 1.807) is 0 Å². The van der Waals surface area contributed by atoms with Gasteiger partial charge in [-0.15, -0.1) is 0 Å². The molecule has 0 radical (unpaired) electrons. The average Bonchev–Trinajstić information content (AvgIpc) is 3.12. The van der Waals surface area contributed by atoms with Gasteiger partial charge in [-0.3, -0.25) is 4.57 Å². The molecule has 6 rings (SSSR count). The van der Waals surface area contributed by atoms with Crippen LogP contribution < -0.4 is 0 Å². The van der Waals surface area contributed by atoms with E-state index in [0.717, 1.165) is 33.4 Å². The molecule has 0 spiro atoms. The molecule has 48 heavy (non-hydrogen) atoms. The molecule has 5 nitrogen and oxygen atoms in total. The number of ether oxygens (including phenoxy) is 3. The van der Waals surface area contributed by atoms with Gasteiger partial charge < -0.3 is 18.7 Å². The fourth-order valence-electron chi connectivity index (χ4n) is 6.12. The highest BCUT2D eigenvalue weighted by molar-refractivity contribution is 7.57. The van der Waals surface area contributed by atoms with Crippen molar-refractivity contribution in [1.29, 1.82) is 0 Å². The van der Waals surface area contributed by atoms with Crippen molar-refractivity contribution < 1.29 is 23.3 Å². The average molecular weight is 659 g/mol. The highest BCUT2D eigenvalue weighted by atomic mass is 31.2. The van der Waals surface area contributed by atoms with E-state index < -0.39 is 31.8 Å². The van der Waals surface area contributed by atoms with E-state index in [-0.39, 0.29) is 0 Å². The SMILES string of the molecule is CC1=CC(OP(=O)(Cc2ccccc2)Cc2ccccc2)C(OCc2ccccc2)C(OCc2ccccc2)C1OCc1ccccc1. The third-order valence-electron chi connectivity index (χ3n) is 8.51. The first kappa shape index (κ1) is 33.8. The van der Waals surface area contributed by atoms with Crippen LogP contribution in [0.5, 0.6) is 0 Å². The molecule has 0 saturated carbocycles. The van der Waals surface area contributed by atoms with E-state index in [1.165, 1.54) is 0 Å². The molecule has 0 amide bonds. The van der Waals surface area contributed by atoms with Gasteiger partial charge in [0.05, 0.1) is 32.1 Å². The number of hydrogen-bond acceptors (Lipinski definition) is 5. The summed E-state index contributed by atoms with van der Waals surface area (Å²) in [6.45, 7) is 3.17. The molecule has 1 aliphatic carbocycles. The Labute approximate surface area is 284 Å². The van der Waals surface area contributed by atoms with E-state index in [1.807, 2.05) is 153 Å². The molecule has 1 aliphatic rings. The Morgan fingerprint density at radius 2 is 0.833 bits per heavy atom. The van der Waals surface area contributed by atoms with Gasteiger partial charge in [0.25, 0.3) is 0 Å². The number of benzene rings is 5. The molecular weight excluding hydrogens is 615 g/mol. The Morgan fingerprint density at radius 1 is 0.479 bits per heavy atom. The van der Waals surface area contributed by atoms with Crippen LogP contribution in [0.3, 0.4) is 0 Å². The molecule has 0 fully saturated rings. The molecule has 5 aromatic rings. The minimum Gasteiger partial charge on any atom is -0.368 e. The Hall–Kier alpha value is -4.09. The normalized spacial score (nSPS) is 19.5. The molecule has 0 heterocycles. The van der Waals surface area contributed by atoms with Gasteiger partial charge in [-0.1, -0.05) is 158 Å². The van der Waals surface area contributed by atoms with Crippen molar-refractivity contribution in [1.82, 2.24) is 0 Å². The van der Waals surface area contributed by atoms with Crippen molar-refractivity contribution in [2.75, 3.05) is 0 Å². The maximum atomic E-state index is 15.0. The summed E-state index contributed by atoms with van der Waals surface area (Å²) in [7, 11) is -3.30. The molecule has 0 saturated heterocycles. The Balaban J connectivity index is 1.35. The predicted molar refractivity (Wildman–Crippen MR) is 192 cm³/mol. The van der Waals surface area contributed by atoms with E-state index >= 15 is 4.57 Å². The summed E-state index contributed by atoms with van der Waals surface area (Å²) in [5.41, 5.74) is 6.04. The Kier molecular flexibility index (Phi) is 11.9. The van der Waals surface area contributed by atoms with Crippen molar-refractivity contribution in [2.45, 2.75) is 63.5 Å². The number of rotatable bonds is 15. The Morgan fingerprint density at radius 3 is 1.25 bits per heavy atom. The molecule has 0 aliphatic heterocycles. The van der Waals surface area contributed by atoms with Crippen molar-refractivity contribution >= 4 is 7.37 Å².